The fraction of sp³-hybridized carbons (Fsp3) is 0. The molecule has 8 aromatic rings. The normalized spacial score (nSPS) is 11.2. The van der Waals surface area contributed by atoms with Crippen LogP contribution in [0.25, 0.3) is 78.4 Å². The number of benzene rings is 5. The van der Waals surface area contributed by atoms with Gasteiger partial charge in [0.25, 0.3) is 0 Å². The Bertz CT molecular complexity index is 2260. The minimum absolute atomic E-state index is 0.607. The monoisotopic (exact) mass is 563 g/mol. The van der Waals surface area contributed by atoms with E-state index in [1.165, 1.54) is 5.56 Å². The van der Waals surface area contributed by atoms with Gasteiger partial charge in [0.15, 0.2) is 17.5 Å². The molecular formula is C39H25N5. The zero-order valence-corrected chi connectivity index (χ0v) is 23.7. The van der Waals surface area contributed by atoms with Gasteiger partial charge in [-0.15, -0.1) is 0 Å². The van der Waals surface area contributed by atoms with Gasteiger partial charge in [-0.3, -0.25) is 4.98 Å². The van der Waals surface area contributed by atoms with E-state index in [2.05, 4.69) is 83.8 Å². The van der Waals surface area contributed by atoms with Gasteiger partial charge < -0.3 is 0 Å². The largest absolute Gasteiger partial charge is 0.254 e. The standard InChI is InChI=1S/C39H25N5/c1-3-9-26(10-4-1)27-16-20-31(21-17-27)38-42-37(30-11-5-2-6-12-30)43-39(44-38)33-14-7-13-32(25-33)34-23-22-29-19-18-28-15-8-24-40-35(28)36(29)41-34/h1-25H. The van der Waals surface area contributed by atoms with Crippen LogP contribution in [0.3, 0.4) is 0 Å². The van der Waals surface area contributed by atoms with Crippen molar-refractivity contribution in [3.05, 3.63) is 152 Å². The van der Waals surface area contributed by atoms with E-state index < -0.39 is 0 Å². The van der Waals surface area contributed by atoms with Crippen LogP contribution in [0.2, 0.25) is 0 Å². The molecule has 44 heavy (non-hydrogen) atoms. The summed E-state index contributed by atoms with van der Waals surface area (Å²) in [4.78, 5) is 24.5. The zero-order chi connectivity index (χ0) is 29.3. The highest BCUT2D eigenvalue weighted by molar-refractivity contribution is 6.03. The Morgan fingerprint density at radius 3 is 1.57 bits per heavy atom. The molecule has 0 N–H and O–H groups in total. The molecule has 0 spiro atoms. The Hall–Kier alpha value is -6.07. The summed E-state index contributed by atoms with van der Waals surface area (Å²) in [5, 5.41) is 2.13. The molecular weight excluding hydrogens is 538 g/mol. The summed E-state index contributed by atoms with van der Waals surface area (Å²) in [7, 11) is 0. The Morgan fingerprint density at radius 1 is 0.318 bits per heavy atom. The van der Waals surface area contributed by atoms with Gasteiger partial charge in [-0.05, 0) is 29.3 Å². The molecule has 5 nitrogen and oxygen atoms in total. The second kappa shape index (κ2) is 11.0. The first-order valence-electron chi connectivity index (χ1n) is 14.5. The quantitative estimate of drug-likeness (QED) is 0.195. The summed E-state index contributed by atoms with van der Waals surface area (Å²) in [5.74, 6) is 1.86. The maximum Gasteiger partial charge on any atom is 0.164 e. The highest BCUT2D eigenvalue weighted by Gasteiger charge is 2.14. The van der Waals surface area contributed by atoms with Crippen molar-refractivity contribution in [1.29, 1.82) is 0 Å². The lowest BCUT2D eigenvalue weighted by Gasteiger charge is -2.10. The molecule has 0 radical (unpaired) electrons. The lowest BCUT2D eigenvalue weighted by Crippen LogP contribution is -2.00. The molecule has 5 aromatic carbocycles. The van der Waals surface area contributed by atoms with Crippen LogP contribution in [0.15, 0.2) is 152 Å². The number of hydrogen-bond donors (Lipinski definition) is 0. The molecule has 0 atom stereocenters. The maximum absolute atomic E-state index is 5.06. The predicted octanol–water partition coefficient (Wildman–Crippen LogP) is 9.30. The number of hydrogen-bond acceptors (Lipinski definition) is 5. The third-order valence-corrected chi connectivity index (χ3v) is 7.77. The van der Waals surface area contributed by atoms with Crippen LogP contribution in [0.5, 0.6) is 0 Å². The van der Waals surface area contributed by atoms with E-state index in [0.29, 0.717) is 17.5 Å². The molecule has 0 amide bonds. The van der Waals surface area contributed by atoms with Gasteiger partial charge in [0.05, 0.1) is 16.7 Å². The smallest absolute Gasteiger partial charge is 0.164 e. The van der Waals surface area contributed by atoms with E-state index in [0.717, 1.165) is 55.3 Å². The van der Waals surface area contributed by atoms with Gasteiger partial charge in [0.2, 0.25) is 0 Å². The maximum atomic E-state index is 5.06. The number of pyridine rings is 2. The molecule has 0 saturated carbocycles. The number of rotatable bonds is 5. The van der Waals surface area contributed by atoms with Gasteiger partial charge in [0, 0.05) is 39.2 Å². The predicted molar refractivity (Wildman–Crippen MR) is 178 cm³/mol. The Balaban J connectivity index is 1.23. The van der Waals surface area contributed by atoms with Gasteiger partial charge in [0.1, 0.15) is 0 Å². The highest BCUT2D eigenvalue weighted by atomic mass is 15.0. The van der Waals surface area contributed by atoms with Crippen molar-refractivity contribution in [3.63, 3.8) is 0 Å². The second-order valence-electron chi connectivity index (χ2n) is 10.6. The van der Waals surface area contributed by atoms with Crippen LogP contribution in [0.1, 0.15) is 0 Å². The minimum atomic E-state index is 0.607. The molecule has 206 valence electrons. The van der Waals surface area contributed by atoms with Gasteiger partial charge in [-0.25, -0.2) is 19.9 Å². The Labute approximate surface area is 254 Å². The zero-order valence-electron chi connectivity index (χ0n) is 23.7. The molecule has 3 heterocycles. The van der Waals surface area contributed by atoms with E-state index in [1.54, 1.807) is 0 Å². The van der Waals surface area contributed by atoms with Gasteiger partial charge in [-0.1, -0.05) is 127 Å². The summed E-state index contributed by atoms with van der Waals surface area (Å²) in [6, 6.07) is 49.3. The van der Waals surface area contributed by atoms with Crippen LogP contribution in [0.4, 0.5) is 0 Å². The fourth-order valence-electron chi connectivity index (χ4n) is 5.49. The molecule has 0 aliphatic carbocycles. The lowest BCUT2D eigenvalue weighted by atomic mass is 10.0. The molecule has 0 saturated heterocycles. The topological polar surface area (TPSA) is 64.5 Å². The van der Waals surface area contributed by atoms with Crippen molar-refractivity contribution in [2.75, 3.05) is 0 Å². The molecule has 5 heteroatoms. The SMILES string of the molecule is c1ccc(-c2ccc(-c3nc(-c4ccccc4)nc(-c4cccc(-c5ccc6ccc7cccnc7c6n5)c4)n3)cc2)cc1. The lowest BCUT2D eigenvalue weighted by molar-refractivity contribution is 1.07. The van der Waals surface area contributed by atoms with E-state index in [1.807, 2.05) is 72.9 Å². The molecule has 3 aromatic heterocycles. The van der Waals surface area contributed by atoms with Crippen molar-refractivity contribution in [3.8, 4) is 56.5 Å². The van der Waals surface area contributed by atoms with E-state index in [9.17, 15) is 0 Å². The average molecular weight is 564 g/mol. The molecule has 0 aliphatic rings. The van der Waals surface area contributed by atoms with Crippen molar-refractivity contribution in [1.82, 2.24) is 24.9 Å². The number of aromatic nitrogens is 5. The summed E-state index contributed by atoms with van der Waals surface area (Å²) in [6.45, 7) is 0. The third-order valence-electron chi connectivity index (χ3n) is 7.77. The van der Waals surface area contributed by atoms with E-state index >= 15 is 0 Å². The van der Waals surface area contributed by atoms with Gasteiger partial charge >= 0.3 is 0 Å². The van der Waals surface area contributed by atoms with Gasteiger partial charge in [-0.2, -0.15) is 0 Å². The minimum Gasteiger partial charge on any atom is -0.254 e. The third kappa shape index (κ3) is 4.86. The molecule has 0 bridgehead atoms. The molecule has 0 unspecified atom stereocenters. The van der Waals surface area contributed by atoms with Crippen molar-refractivity contribution in [2.24, 2.45) is 0 Å². The van der Waals surface area contributed by atoms with Crippen molar-refractivity contribution < 1.29 is 0 Å². The number of fused-ring (bicyclic) bond motifs is 3. The Morgan fingerprint density at radius 2 is 0.841 bits per heavy atom. The summed E-state index contributed by atoms with van der Waals surface area (Å²) >= 11 is 0. The average Bonchev–Trinajstić information content (AvgIpc) is 3.12. The van der Waals surface area contributed by atoms with E-state index in [4.69, 9.17) is 19.9 Å². The molecule has 0 fully saturated rings. The second-order valence-corrected chi connectivity index (χ2v) is 10.6. The first kappa shape index (κ1) is 25.6. The first-order chi connectivity index (χ1) is 21.8. The highest BCUT2D eigenvalue weighted by Crippen LogP contribution is 2.30. The Kier molecular flexibility index (Phi) is 6.39. The van der Waals surface area contributed by atoms with Crippen LogP contribution < -0.4 is 0 Å². The van der Waals surface area contributed by atoms with Crippen LogP contribution >= 0.6 is 0 Å². The van der Waals surface area contributed by atoms with Crippen LogP contribution in [-0.2, 0) is 0 Å². The fourth-order valence-corrected chi connectivity index (χ4v) is 5.49. The van der Waals surface area contributed by atoms with Crippen molar-refractivity contribution >= 4 is 21.8 Å². The molecule has 8 rings (SSSR count). The number of nitrogens with zero attached hydrogens (tertiary/aromatic N) is 5. The van der Waals surface area contributed by atoms with Crippen LogP contribution in [0, 0.1) is 0 Å². The summed E-state index contributed by atoms with van der Waals surface area (Å²) in [6.07, 6.45) is 1.81. The van der Waals surface area contributed by atoms with Crippen molar-refractivity contribution in [2.45, 2.75) is 0 Å². The molecule has 0 aliphatic heterocycles. The van der Waals surface area contributed by atoms with E-state index in [-0.39, 0.29) is 0 Å². The van der Waals surface area contributed by atoms with Crippen LogP contribution in [-0.4, -0.2) is 24.9 Å². The first-order valence-corrected chi connectivity index (χ1v) is 14.5. The summed E-state index contributed by atoms with van der Waals surface area (Å²) < 4.78 is 0. The summed E-state index contributed by atoms with van der Waals surface area (Å²) in [5.41, 5.74) is 8.70.